The average Bonchev–Trinajstić information content (AvgIpc) is 3.04. The maximum Gasteiger partial charge on any atom is 0.226 e. The first kappa shape index (κ1) is 18.1. The Kier molecular flexibility index (Phi) is 5.29. The minimum atomic E-state index is -3.79. The molecule has 8 heteroatoms. The monoisotopic (exact) mass is 409 g/mol. The zero-order chi connectivity index (χ0) is 18.0. The Morgan fingerprint density at radius 3 is 2.48 bits per heavy atom. The maximum absolute atomic E-state index is 12.8. The molecule has 1 aromatic heterocycles. The van der Waals surface area contributed by atoms with Gasteiger partial charge in [-0.3, -0.25) is 4.79 Å². The van der Waals surface area contributed by atoms with E-state index < -0.39 is 9.84 Å². The number of benzene rings is 2. The highest BCUT2D eigenvalue weighted by atomic mass is 35.5. The number of aryl methyl sites for hydroxylation is 1. The second-order valence-corrected chi connectivity index (χ2v) is 9.50. The first-order valence-electron chi connectivity index (χ1n) is 7.11. The molecular formula is C17H12ClNO3S3. The summed E-state index contributed by atoms with van der Waals surface area (Å²) in [5.41, 5.74) is 2.71. The SMILES string of the molecule is Cc1ccc(S(=O)(=O)c2ncsc2SC(=O)c2ccccc2Cl)cc1. The van der Waals surface area contributed by atoms with E-state index in [0.29, 0.717) is 14.8 Å². The second kappa shape index (κ2) is 7.29. The summed E-state index contributed by atoms with van der Waals surface area (Å²) in [5, 5.41) is -0.102. The van der Waals surface area contributed by atoms with Crippen molar-refractivity contribution in [3.05, 3.63) is 70.2 Å². The number of sulfone groups is 1. The fourth-order valence-corrected chi connectivity index (χ4v) is 6.02. The second-order valence-electron chi connectivity index (χ2n) is 5.13. The molecule has 0 radical (unpaired) electrons. The van der Waals surface area contributed by atoms with Crippen LogP contribution in [-0.2, 0) is 9.84 Å². The van der Waals surface area contributed by atoms with Crippen LogP contribution in [0.1, 0.15) is 15.9 Å². The standard InChI is InChI=1S/C17H12ClNO3S3/c1-11-6-8-12(9-7-11)25(21,22)15-17(23-10-19-15)24-16(20)13-4-2-3-5-14(13)18/h2-10H,1H3. The Labute approximate surface area is 158 Å². The molecule has 0 fully saturated rings. The van der Waals surface area contributed by atoms with Crippen LogP contribution in [0.5, 0.6) is 0 Å². The van der Waals surface area contributed by atoms with Gasteiger partial charge in [0.05, 0.1) is 15.4 Å². The number of halogens is 1. The van der Waals surface area contributed by atoms with E-state index in [2.05, 4.69) is 4.98 Å². The summed E-state index contributed by atoms with van der Waals surface area (Å²) in [5.74, 6) is 0. The molecule has 0 N–H and O–H groups in total. The summed E-state index contributed by atoms with van der Waals surface area (Å²) in [7, 11) is -3.79. The Morgan fingerprint density at radius 2 is 1.80 bits per heavy atom. The molecule has 3 rings (SSSR count). The molecule has 0 atom stereocenters. The van der Waals surface area contributed by atoms with Gasteiger partial charge < -0.3 is 0 Å². The fraction of sp³-hybridized carbons (Fsp3) is 0.0588. The molecule has 0 amide bonds. The first-order chi connectivity index (χ1) is 11.9. The van der Waals surface area contributed by atoms with Crippen LogP contribution in [-0.4, -0.2) is 18.5 Å². The number of thiazole rings is 1. The number of thioether (sulfide) groups is 1. The van der Waals surface area contributed by atoms with Gasteiger partial charge in [0, 0.05) is 5.56 Å². The van der Waals surface area contributed by atoms with Crippen molar-refractivity contribution < 1.29 is 13.2 Å². The predicted molar refractivity (Wildman–Crippen MR) is 100 cm³/mol. The van der Waals surface area contributed by atoms with Crippen molar-refractivity contribution >= 4 is 49.7 Å². The van der Waals surface area contributed by atoms with Crippen molar-refractivity contribution in [2.24, 2.45) is 0 Å². The Balaban J connectivity index is 1.94. The van der Waals surface area contributed by atoms with E-state index in [0.717, 1.165) is 28.7 Å². The molecular weight excluding hydrogens is 398 g/mol. The lowest BCUT2D eigenvalue weighted by molar-refractivity contribution is 0.108. The summed E-state index contributed by atoms with van der Waals surface area (Å²) in [6.45, 7) is 1.88. The number of carbonyl (C=O) groups excluding carboxylic acids is 1. The lowest BCUT2D eigenvalue weighted by Crippen LogP contribution is -2.04. The van der Waals surface area contributed by atoms with Crippen molar-refractivity contribution in [3.8, 4) is 0 Å². The summed E-state index contributed by atoms with van der Waals surface area (Å²) >= 11 is 7.97. The third-order valence-corrected chi connectivity index (χ3v) is 7.61. The topological polar surface area (TPSA) is 64.1 Å². The van der Waals surface area contributed by atoms with Gasteiger partial charge in [-0.25, -0.2) is 13.4 Å². The Bertz CT molecular complexity index is 1030. The summed E-state index contributed by atoms with van der Waals surface area (Å²) in [6.07, 6.45) is 0. The highest BCUT2D eigenvalue weighted by Gasteiger charge is 2.26. The third kappa shape index (κ3) is 3.79. The molecule has 0 aliphatic heterocycles. The minimum absolute atomic E-state index is 0.105. The van der Waals surface area contributed by atoms with E-state index in [1.165, 1.54) is 17.6 Å². The molecule has 0 aliphatic rings. The normalized spacial score (nSPS) is 11.4. The molecule has 0 unspecified atom stereocenters. The van der Waals surface area contributed by atoms with Gasteiger partial charge in [-0.15, -0.1) is 11.3 Å². The van der Waals surface area contributed by atoms with E-state index in [-0.39, 0.29) is 15.0 Å². The smallest absolute Gasteiger partial charge is 0.226 e. The van der Waals surface area contributed by atoms with E-state index in [1.54, 1.807) is 36.4 Å². The Morgan fingerprint density at radius 1 is 1.12 bits per heavy atom. The summed E-state index contributed by atoms with van der Waals surface area (Å²) < 4.78 is 25.9. The molecule has 0 bridgehead atoms. The molecule has 25 heavy (non-hydrogen) atoms. The molecule has 0 aliphatic carbocycles. The van der Waals surface area contributed by atoms with E-state index in [1.807, 2.05) is 6.92 Å². The van der Waals surface area contributed by atoms with Crippen LogP contribution in [0.2, 0.25) is 5.02 Å². The minimum Gasteiger partial charge on any atom is -0.281 e. The van der Waals surface area contributed by atoms with Crippen molar-refractivity contribution in [2.45, 2.75) is 21.1 Å². The molecule has 1 heterocycles. The maximum atomic E-state index is 12.8. The van der Waals surface area contributed by atoms with Gasteiger partial charge in [-0.2, -0.15) is 0 Å². The average molecular weight is 410 g/mol. The summed E-state index contributed by atoms with van der Waals surface area (Å²) in [6, 6.07) is 13.2. The molecule has 4 nitrogen and oxygen atoms in total. The van der Waals surface area contributed by atoms with Crippen LogP contribution in [0.15, 0.2) is 68.2 Å². The van der Waals surface area contributed by atoms with Gasteiger partial charge in [-0.05, 0) is 43.0 Å². The largest absolute Gasteiger partial charge is 0.281 e. The van der Waals surface area contributed by atoms with Crippen LogP contribution >= 0.6 is 34.7 Å². The molecule has 3 aromatic rings. The molecule has 0 spiro atoms. The number of hydrogen-bond donors (Lipinski definition) is 0. The zero-order valence-corrected chi connectivity index (χ0v) is 16.2. The molecule has 128 valence electrons. The van der Waals surface area contributed by atoms with Gasteiger partial charge in [0.2, 0.25) is 15.0 Å². The molecule has 0 saturated carbocycles. The van der Waals surface area contributed by atoms with Gasteiger partial charge in [-0.1, -0.05) is 41.4 Å². The van der Waals surface area contributed by atoms with Crippen molar-refractivity contribution in [3.63, 3.8) is 0 Å². The highest BCUT2D eigenvalue weighted by Crippen LogP contribution is 2.36. The van der Waals surface area contributed by atoms with Crippen LogP contribution in [0.25, 0.3) is 0 Å². The van der Waals surface area contributed by atoms with Gasteiger partial charge in [0.1, 0.15) is 4.21 Å². The number of hydrogen-bond acceptors (Lipinski definition) is 6. The Hall–Kier alpha value is -1.67. The van der Waals surface area contributed by atoms with Crippen LogP contribution < -0.4 is 0 Å². The van der Waals surface area contributed by atoms with Crippen molar-refractivity contribution in [1.82, 2.24) is 4.98 Å². The van der Waals surface area contributed by atoms with E-state index in [4.69, 9.17) is 11.6 Å². The first-order valence-corrected chi connectivity index (χ1v) is 10.7. The van der Waals surface area contributed by atoms with Crippen LogP contribution in [0, 0.1) is 6.92 Å². The predicted octanol–water partition coefficient (Wildman–Crippen LogP) is 4.87. The number of nitrogens with zero attached hydrogens (tertiary/aromatic N) is 1. The van der Waals surface area contributed by atoms with E-state index in [9.17, 15) is 13.2 Å². The lowest BCUT2D eigenvalue weighted by atomic mass is 10.2. The van der Waals surface area contributed by atoms with Gasteiger partial charge in [0.25, 0.3) is 0 Å². The molecule has 0 saturated heterocycles. The quantitative estimate of drug-likeness (QED) is 0.575. The van der Waals surface area contributed by atoms with Gasteiger partial charge >= 0.3 is 0 Å². The number of aromatic nitrogens is 1. The highest BCUT2D eigenvalue weighted by molar-refractivity contribution is 8.15. The zero-order valence-electron chi connectivity index (χ0n) is 13.0. The van der Waals surface area contributed by atoms with Crippen LogP contribution in [0.3, 0.4) is 0 Å². The van der Waals surface area contributed by atoms with Crippen molar-refractivity contribution in [1.29, 1.82) is 0 Å². The molecule has 2 aromatic carbocycles. The fourth-order valence-electron chi connectivity index (χ4n) is 2.07. The van der Waals surface area contributed by atoms with Crippen LogP contribution in [0.4, 0.5) is 0 Å². The van der Waals surface area contributed by atoms with E-state index >= 15 is 0 Å². The van der Waals surface area contributed by atoms with Gasteiger partial charge in [0.15, 0.2) is 5.03 Å². The number of rotatable bonds is 4. The lowest BCUT2D eigenvalue weighted by Gasteiger charge is -2.05. The number of carbonyl (C=O) groups is 1. The van der Waals surface area contributed by atoms with Crippen molar-refractivity contribution in [2.75, 3.05) is 0 Å². The summed E-state index contributed by atoms with van der Waals surface area (Å²) in [4.78, 5) is 16.6. The third-order valence-electron chi connectivity index (χ3n) is 3.37.